The van der Waals surface area contributed by atoms with Crippen molar-refractivity contribution >= 4 is 9.84 Å². The third-order valence-electron chi connectivity index (χ3n) is 4.65. The molecule has 2 atom stereocenters. The first-order valence-corrected chi connectivity index (χ1v) is 9.61. The SMILES string of the molecule is CN(C)CC1CCS(=O)(=O)c2ccccc2C1(O)c1cccnc1. The van der Waals surface area contributed by atoms with Crippen LogP contribution in [-0.2, 0) is 15.4 Å². The second-order valence-corrected chi connectivity index (χ2v) is 8.65. The van der Waals surface area contributed by atoms with Crippen LogP contribution in [0.1, 0.15) is 17.5 Å². The maximum absolute atomic E-state index is 12.7. The monoisotopic (exact) mass is 346 g/mol. The molecule has 0 radical (unpaired) electrons. The molecular formula is C18H22N2O3S. The van der Waals surface area contributed by atoms with Crippen LogP contribution in [0.4, 0.5) is 0 Å². The van der Waals surface area contributed by atoms with Gasteiger partial charge in [-0.3, -0.25) is 4.98 Å². The van der Waals surface area contributed by atoms with Gasteiger partial charge in [-0.25, -0.2) is 8.42 Å². The van der Waals surface area contributed by atoms with Crippen LogP contribution in [0.3, 0.4) is 0 Å². The minimum absolute atomic E-state index is 0.0328. The molecule has 0 aliphatic carbocycles. The van der Waals surface area contributed by atoms with Crippen molar-refractivity contribution in [2.75, 3.05) is 26.4 Å². The van der Waals surface area contributed by atoms with E-state index in [1.807, 2.05) is 25.1 Å². The molecule has 2 aromatic rings. The lowest BCUT2D eigenvalue weighted by molar-refractivity contribution is 0.00238. The van der Waals surface area contributed by atoms with Crippen LogP contribution in [0.2, 0.25) is 0 Å². The Morgan fingerprint density at radius 1 is 1.25 bits per heavy atom. The third-order valence-corrected chi connectivity index (χ3v) is 6.45. The smallest absolute Gasteiger partial charge is 0.178 e. The fourth-order valence-corrected chi connectivity index (χ4v) is 5.19. The summed E-state index contributed by atoms with van der Waals surface area (Å²) in [6, 6.07) is 10.4. The highest BCUT2D eigenvalue weighted by molar-refractivity contribution is 7.91. The summed E-state index contributed by atoms with van der Waals surface area (Å²) in [7, 11) is 0.426. The summed E-state index contributed by atoms with van der Waals surface area (Å²) in [5.41, 5.74) is -0.317. The van der Waals surface area contributed by atoms with Crippen LogP contribution in [0.15, 0.2) is 53.7 Å². The van der Waals surface area contributed by atoms with E-state index in [9.17, 15) is 13.5 Å². The second-order valence-electron chi connectivity index (χ2n) is 6.57. The van der Waals surface area contributed by atoms with E-state index in [1.165, 1.54) is 0 Å². The topological polar surface area (TPSA) is 70.5 Å². The molecular weight excluding hydrogens is 324 g/mol. The Labute approximate surface area is 142 Å². The van der Waals surface area contributed by atoms with E-state index in [2.05, 4.69) is 4.98 Å². The first-order chi connectivity index (χ1) is 11.4. The van der Waals surface area contributed by atoms with Crippen LogP contribution >= 0.6 is 0 Å². The average molecular weight is 346 g/mol. The van der Waals surface area contributed by atoms with Crippen LogP contribution in [0.5, 0.6) is 0 Å². The van der Waals surface area contributed by atoms with Gasteiger partial charge in [0.15, 0.2) is 9.84 Å². The molecule has 6 heteroatoms. The molecule has 0 saturated carbocycles. The van der Waals surface area contributed by atoms with E-state index >= 15 is 0 Å². The zero-order valence-electron chi connectivity index (χ0n) is 13.9. The highest BCUT2D eigenvalue weighted by Gasteiger charge is 2.46. The Balaban J connectivity index is 2.29. The van der Waals surface area contributed by atoms with Gasteiger partial charge in [-0.1, -0.05) is 24.3 Å². The molecule has 128 valence electrons. The number of hydrogen-bond acceptors (Lipinski definition) is 5. The highest BCUT2D eigenvalue weighted by Crippen LogP contribution is 2.44. The summed E-state index contributed by atoms with van der Waals surface area (Å²) in [6.07, 6.45) is 3.66. The zero-order chi connectivity index (χ0) is 17.4. The molecule has 2 heterocycles. The summed E-state index contributed by atoms with van der Waals surface area (Å²) in [4.78, 5) is 6.33. The lowest BCUT2D eigenvalue weighted by atomic mass is 9.75. The van der Waals surface area contributed by atoms with Crippen LogP contribution < -0.4 is 0 Å². The molecule has 0 spiro atoms. The number of nitrogens with zero attached hydrogens (tertiary/aromatic N) is 2. The highest BCUT2D eigenvalue weighted by atomic mass is 32.2. The van der Waals surface area contributed by atoms with Crippen molar-refractivity contribution in [1.82, 2.24) is 9.88 Å². The fraction of sp³-hybridized carbons (Fsp3) is 0.389. The fourth-order valence-electron chi connectivity index (χ4n) is 3.53. The van der Waals surface area contributed by atoms with Crippen molar-refractivity contribution in [1.29, 1.82) is 0 Å². The summed E-state index contributed by atoms with van der Waals surface area (Å²) in [6.45, 7) is 0.579. The van der Waals surface area contributed by atoms with Crippen LogP contribution in [0.25, 0.3) is 0 Å². The van der Waals surface area contributed by atoms with E-state index in [-0.39, 0.29) is 16.6 Å². The van der Waals surface area contributed by atoms with Gasteiger partial charge in [0.05, 0.1) is 10.6 Å². The first kappa shape index (κ1) is 17.1. The van der Waals surface area contributed by atoms with Gasteiger partial charge in [-0.2, -0.15) is 0 Å². The molecule has 0 bridgehead atoms. The molecule has 1 N–H and O–H groups in total. The van der Waals surface area contributed by atoms with Gasteiger partial charge in [-0.05, 0) is 32.6 Å². The summed E-state index contributed by atoms with van der Waals surface area (Å²) < 4.78 is 25.4. The Kier molecular flexibility index (Phi) is 4.46. The normalized spacial score (nSPS) is 25.9. The van der Waals surface area contributed by atoms with E-state index in [0.717, 1.165) is 0 Å². The van der Waals surface area contributed by atoms with Crippen LogP contribution in [-0.4, -0.2) is 49.8 Å². The van der Waals surface area contributed by atoms with Gasteiger partial charge >= 0.3 is 0 Å². The van der Waals surface area contributed by atoms with E-state index in [1.54, 1.807) is 42.7 Å². The molecule has 3 rings (SSSR count). The number of aliphatic hydroxyl groups is 1. The largest absolute Gasteiger partial charge is 0.380 e. The average Bonchev–Trinajstić information content (AvgIpc) is 2.65. The van der Waals surface area contributed by atoms with Crippen molar-refractivity contribution in [2.24, 2.45) is 5.92 Å². The predicted octanol–water partition coefficient (Wildman–Crippen LogP) is 1.67. The maximum atomic E-state index is 12.7. The molecule has 0 saturated heterocycles. The lowest BCUT2D eigenvalue weighted by Crippen LogP contribution is -2.41. The zero-order valence-corrected chi connectivity index (χ0v) is 14.7. The van der Waals surface area contributed by atoms with Crippen molar-refractivity contribution in [3.8, 4) is 0 Å². The van der Waals surface area contributed by atoms with Crippen molar-refractivity contribution in [2.45, 2.75) is 16.9 Å². The number of benzene rings is 1. The van der Waals surface area contributed by atoms with Crippen LogP contribution in [0, 0.1) is 5.92 Å². The quantitative estimate of drug-likeness (QED) is 0.915. The van der Waals surface area contributed by atoms with Crippen molar-refractivity contribution in [3.05, 3.63) is 59.9 Å². The first-order valence-electron chi connectivity index (χ1n) is 7.95. The standard InChI is InChI=1S/C18H22N2O3S/c1-20(2)13-15-9-11-24(22,23)17-8-4-3-7-16(17)18(15,21)14-6-5-10-19-12-14/h3-8,10,12,15,21H,9,11,13H2,1-2H3. The molecule has 2 unspecified atom stereocenters. The number of sulfone groups is 1. The van der Waals surface area contributed by atoms with E-state index < -0.39 is 15.4 Å². The number of pyridine rings is 1. The molecule has 1 aliphatic rings. The number of aromatic nitrogens is 1. The van der Waals surface area contributed by atoms with Gasteiger partial charge in [0.2, 0.25) is 0 Å². The Morgan fingerprint density at radius 3 is 2.67 bits per heavy atom. The van der Waals surface area contributed by atoms with Crippen molar-refractivity contribution < 1.29 is 13.5 Å². The van der Waals surface area contributed by atoms with E-state index in [0.29, 0.717) is 24.1 Å². The second kappa shape index (κ2) is 6.27. The predicted molar refractivity (Wildman–Crippen MR) is 92.4 cm³/mol. The molecule has 1 aromatic heterocycles. The Hall–Kier alpha value is -1.76. The summed E-state index contributed by atoms with van der Waals surface area (Å²) in [5.74, 6) is -0.222. The maximum Gasteiger partial charge on any atom is 0.178 e. The van der Waals surface area contributed by atoms with E-state index in [4.69, 9.17) is 0 Å². The molecule has 1 aromatic carbocycles. The third kappa shape index (κ3) is 2.85. The molecule has 1 aliphatic heterocycles. The Morgan fingerprint density at radius 2 is 2.00 bits per heavy atom. The number of hydrogen-bond donors (Lipinski definition) is 1. The van der Waals surface area contributed by atoms with Crippen molar-refractivity contribution in [3.63, 3.8) is 0 Å². The van der Waals surface area contributed by atoms with Gasteiger partial charge in [0, 0.05) is 36.0 Å². The molecule has 0 amide bonds. The molecule has 0 fully saturated rings. The van der Waals surface area contributed by atoms with Gasteiger partial charge in [0.25, 0.3) is 0 Å². The van der Waals surface area contributed by atoms with Gasteiger partial charge < -0.3 is 10.0 Å². The summed E-state index contributed by atoms with van der Waals surface area (Å²) in [5, 5.41) is 11.8. The number of rotatable bonds is 3. The minimum atomic E-state index is -3.43. The number of fused-ring (bicyclic) bond motifs is 1. The minimum Gasteiger partial charge on any atom is -0.380 e. The Bertz CT molecular complexity index is 821. The lowest BCUT2D eigenvalue weighted by Gasteiger charge is -2.37. The van der Waals surface area contributed by atoms with Gasteiger partial charge in [-0.15, -0.1) is 0 Å². The summed E-state index contributed by atoms with van der Waals surface area (Å²) >= 11 is 0. The van der Waals surface area contributed by atoms with Gasteiger partial charge in [0.1, 0.15) is 5.60 Å². The molecule has 5 nitrogen and oxygen atoms in total. The molecule has 24 heavy (non-hydrogen) atoms.